The first kappa shape index (κ1) is 24.0. The summed E-state index contributed by atoms with van der Waals surface area (Å²) in [7, 11) is 3.82. The second-order valence-corrected chi connectivity index (χ2v) is 8.55. The van der Waals surface area contributed by atoms with Crippen LogP contribution in [0.2, 0.25) is 6.04 Å². The molecule has 0 fully saturated rings. The molecular formula is C18H42N2O3Si. The Bertz CT molecular complexity index is 277. The number of ether oxygens (including phenoxy) is 3. The maximum absolute atomic E-state index is 5.99. The number of nitrogens with one attached hydrogen (secondary N) is 1. The van der Waals surface area contributed by atoms with Crippen molar-refractivity contribution in [1.29, 1.82) is 0 Å². The minimum Gasteiger partial charge on any atom is -0.382 e. The maximum atomic E-state index is 5.99. The molecule has 0 heterocycles. The second kappa shape index (κ2) is 15.3. The van der Waals surface area contributed by atoms with Crippen LogP contribution >= 0.6 is 0 Å². The van der Waals surface area contributed by atoms with E-state index in [-0.39, 0.29) is 5.41 Å². The fraction of sp³-hybridized carbons (Fsp3) is 1.00. The van der Waals surface area contributed by atoms with Crippen molar-refractivity contribution in [3.8, 4) is 0 Å². The van der Waals surface area contributed by atoms with Gasteiger partial charge in [-0.15, -0.1) is 0 Å². The lowest BCUT2D eigenvalue weighted by molar-refractivity contribution is -0.177. The average Bonchev–Trinajstić information content (AvgIpc) is 2.57. The number of likely N-dealkylation sites (N-methyl/N-ethyl adjacent to an activating group) is 2. The molecule has 1 unspecified atom stereocenters. The van der Waals surface area contributed by atoms with Gasteiger partial charge in [0.25, 0.3) is 0 Å². The average molecular weight is 363 g/mol. The van der Waals surface area contributed by atoms with Gasteiger partial charge in [-0.1, -0.05) is 6.92 Å². The van der Waals surface area contributed by atoms with E-state index in [9.17, 15) is 0 Å². The molecule has 0 aromatic rings. The smallest absolute Gasteiger partial charge is 0.144 e. The van der Waals surface area contributed by atoms with E-state index in [1.807, 2.05) is 7.05 Å². The summed E-state index contributed by atoms with van der Waals surface area (Å²) < 4.78 is 17.5. The highest BCUT2D eigenvalue weighted by Crippen LogP contribution is 2.18. The Morgan fingerprint density at radius 3 is 2.25 bits per heavy atom. The minimum absolute atomic E-state index is 0.266. The number of hydrogen-bond donors (Lipinski definition) is 1. The fourth-order valence-corrected chi connectivity index (χ4v) is 5.40. The number of hydrogen-bond acceptors (Lipinski definition) is 5. The Kier molecular flexibility index (Phi) is 15.3. The van der Waals surface area contributed by atoms with E-state index in [0.29, 0.717) is 6.04 Å². The van der Waals surface area contributed by atoms with Crippen LogP contribution < -0.4 is 5.32 Å². The first-order valence-corrected chi connectivity index (χ1v) is 11.5. The van der Waals surface area contributed by atoms with Gasteiger partial charge in [-0.25, -0.2) is 0 Å². The molecule has 146 valence electrons. The molecule has 1 atom stereocenters. The summed E-state index contributed by atoms with van der Waals surface area (Å²) in [6, 6.07) is 1.79. The maximum Gasteiger partial charge on any atom is 0.144 e. The van der Waals surface area contributed by atoms with Gasteiger partial charge in [0.15, 0.2) is 0 Å². The third kappa shape index (κ3) is 10.1. The van der Waals surface area contributed by atoms with E-state index in [4.69, 9.17) is 14.2 Å². The SMILES string of the molecule is CCOCCCC(CNC)N(C)CC[SiH2]C(CC)(OCC)OCC. The predicted octanol–water partition coefficient (Wildman–Crippen LogP) is 2.05. The zero-order valence-corrected chi connectivity index (χ0v) is 18.4. The van der Waals surface area contributed by atoms with Gasteiger partial charge < -0.3 is 24.4 Å². The van der Waals surface area contributed by atoms with Crippen molar-refractivity contribution < 1.29 is 14.2 Å². The standard InChI is InChI=1S/C18H42N2O3Si/c1-7-18(22-9-3,23-10-4)24-15-13-20(6)17(16-19-5)12-11-14-21-8-2/h17,19H,7-16,24H2,1-6H3. The fourth-order valence-electron chi connectivity index (χ4n) is 3.15. The van der Waals surface area contributed by atoms with Gasteiger partial charge in [-0.3, -0.25) is 0 Å². The highest BCUT2D eigenvalue weighted by atomic mass is 28.2. The molecule has 5 nitrogen and oxygen atoms in total. The van der Waals surface area contributed by atoms with Crippen LogP contribution in [0.4, 0.5) is 0 Å². The first-order chi connectivity index (χ1) is 11.6. The summed E-state index contributed by atoms with van der Waals surface area (Å²) in [5.41, 5.74) is -0.266. The topological polar surface area (TPSA) is 43.0 Å². The van der Waals surface area contributed by atoms with Crippen LogP contribution in [-0.4, -0.2) is 79.5 Å². The van der Waals surface area contributed by atoms with Gasteiger partial charge in [-0.05, 0) is 66.7 Å². The molecule has 0 saturated carbocycles. The lowest BCUT2D eigenvalue weighted by atomic mass is 10.1. The van der Waals surface area contributed by atoms with Gasteiger partial charge in [0.1, 0.15) is 5.41 Å². The molecular weight excluding hydrogens is 320 g/mol. The summed E-state index contributed by atoms with van der Waals surface area (Å²) in [4.78, 5) is 2.49. The summed E-state index contributed by atoms with van der Waals surface area (Å²) in [6.45, 7) is 13.6. The monoisotopic (exact) mass is 362 g/mol. The van der Waals surface area contributed by atoms with Crippen molar-refractivity contribution in [1.82, 2.24) is 10.2 Å². The summed E-state index contributed by atoms with van der Waals surface area (Å²) in [5.74, 6) is 0. The molecule has 0 rings (SSSR count). The Morgan fingerprint density at radius 2 is 1.75 bits per heavy atom. The van der Waals surface area contributed by atoms with E-state index in [1.165, 1.54) is 12.5 Å². The molecule has 0 radical (unpaired) electrons. The largest absolute Gasteiger partial charge is 0.382 e. The Balaban J connectivity index is 4.34. The van der Waals surface area contributed by atoms with E-state index >= 15 is 0 Å². The molecule has 1 N–H and O–H groups in total. The molecule has 6 heteroatoms. The van der Waals surface area contributed by atoms with Crippen LogP contribution in [0.1, 0.15) is 47.0 Å². The predicted molar refractivity (Wildman–Crippen MR) is 106 cm³/mol. The van der Waals surface area contributed by atoms with Crippen LogP contribution in [0.25, 0.3) is 0 Å². The van der Waals surface area contributed by atoms with Crippen LogP contribution in [0.5, 0.6) is 0 Å². The van der Waals surface area contributed by atoms with Crippen molar-refractivity contribution in [3.63, 3.8) is 0 Å². The zero-order chi connectivity index (χ0) is 18.3. The minimum atomic E-state index is -0.451. The van der Waals surface area contributed by atoms with E-state index in [0.717, 1.165) is 52.4 Å². The lowest BCUT2D eigenvalue weighted by Gasteiger charge is -2.34. The Hall–Kier alpha value is 0.0169. The Labute approximate surface area is 152 Å². The van der Waals surface area contributed by atoms with Crippen LogP contribution in [0.15, 0.2) is 0 Å². The van der Waals surface area contributed by atoms with E-state index < -0.39 is 9.52 Å². The van der Waals surface area contributed by atoms with Crippen molar-refractivity contribution >= 4 is 9.52 Å². The first-order valence-electron chi connectivity index (χ1n) is 9.79. The van der Waals surface area contributed by atoms with Gasteiger partial charge in [-0.2, -0.15) is 0 Å². The van der Waals surface area contributed by atoms with Crippen molar-refractivity contribution in [3.05, 3.63) is 0 Å². The zero-order valence-electron chi connectivity index (χ0n) is 17.0. The molecule has 0 aliphatic carbocycles. The van der Waals surface area contributed by atoms with Crippen molar-refractivity contribution in [2.75, 3.05) is 53.6 Å². The quantitative estimate of drug-likeness (QED) is 0.244. The molecule has 0 spiro atoms. The van der Waals surface area contributed by atoms with Crippen molar-refractivity contribution in [2.45, 2.75) is 64.5 Å². The molecule has 24 heavy (non-hydrogen) atoms. The molecule has 0 aromatic carbocycles. The van der Waals surface area contributed by atoms with E-state index in [2.05, 4.69) is 45.0 Å². The van der Waals surface area contributed by atoms with Crippen molar-refractivity contribution in [2.24, 2.45) is 0 Å². The van der Waals surface area contributed by atoms with Crippen LogP contribution in [0, 0.1) is 0 Å². The highest BCUT2D eigenvalue weighted by Gasteiger charge is 2.29. The second-order valence-electron chi connectivity index (χ2n) is 6.27. The summed E-state index contributed by atoms with van der Waals surface area (Å²) in [6.07, 6.45) is 3.26. The number of nitrogens with zero attached hydrogens (tertiary/aromatic N) is 1. The number of rotatable bonds is 17. The molecule has 0 aliphatic heterocycles. The van der Waals surface area contributed by atoms with E-state index in [1.54, 1.807) is 0 Å². The third-order valence-corrected chi connectivity index (χ3v) is 6.86. The molecule has 0 saturated heterocycles. The normalized spacial score (nSPS) is 14.1. The molecule has 0 bridgehead atoms. The van der Waals surface area contributed by atoms with Crippen LogP contribution in [-0.2, 0) is 14.2 Å². The Morgan fingerprint density at radius 1 is 1.08 bits per heavy atom. The van der Waals surface area contributed by atoms with Gasteiger partial charge in [0, 0.05) is 39.0 Å². The van der Waals surface area contributed by atoms with Crippen LogP contribution in [0.3, 0.4) is 0 Å². The third-order valence-electron chi connectivity index (χ3n) is 4.52. The lowest BCUT2D eigenvalue weighted by Crippen LogP contribution is -2.44. The summed E-state index contributed by atoms with van der Waals surface area (Å²) >= 11 is 0. The van der Waals surface area contributed by atoms with Gasteiger partial charge >= 0.3 is 0 Å². The highest BCUT2D eigenvalue weighted by molar-refractivity contribution is 6.39. The molecule has 0 amide bonds. The van der Waals surface area contributed by atoms with Gasteiger partial charge in [0.2, 0.25) is 0 Å². The molecule has 0 aromatic heterocycles. The summed E-state index contributed by atoms with van der Waals surface area (Å²) in [5, 5.41) is 3.33. The molecule has 0 aliphatic rings. The van der Waals surface area contributed by atoms with Gasteiger partial charge in [0.05, 0.1) is 9.52 Å².